The van der Waals surface area contributed by atoms with Gasteiger partial charge < -0.3 is 14.9 Å². The molecular weight excluding hydrogens is 232 g/mol. The van der Waals surface area contributed by atoms with Crippen LogP contribution in [0.1, 0.15) is 12.5 Å². The Kier molecular flexibility index (Phi) is 4.93. The quantitative estimate of drug-likeness (QED) is 0.851. The molecule has 6 nitrogen and oxygen atoms in total. The molecule has 0 radical (unpaired) electrons. The maximum atomic E-state index is 10.7. The van der Waals surface area contributed by atoms with Crippen molar-refractivity contribution >= 4 is 11.9 Å². The summed E-state index contributed by atoms with van der Waals surface area (Å²) in [5.74, 6) is 0.746. The van der Waals surface area contributed by atoms with Gasteiger partial charge in [0.15, 0.2) is 0 Å². The number of aromatic nitrogens is 1. The van der Waals surface area contributed by atoms with Crippen LogP contribution < -0.4 is 4.90 Å². The molecule has 1 heterocycles. The van der Waals surface area contributed by atoms with Crippen molar-refractivity contribution in [2.45, 2.75) is 6.92 Å². The van der Waals surface area contributed by atoms with Crippen molar-refractivity contribution in [2.75, 3.05) is 31.6 Å². The monoisotopic (exact) mass is 248 g/mol. The molecule has 1 N–H and O–H groups in total. The first-order chi connectivity index (χ1) is 8.58. The van der Waals surface area contributed by atoms with Crippen LogP contribution in [-0.2, 0) is 0 Å². The molecule has 0 aliphatic rings. The van der Waals surface area contributed by atoms with E-state index in [2.05, 4.69) is 4.98 Å². The molecule has 1 rings (SSSR count). The Morgan fingerprint density at radius 3 is 2.67 bits per heavy atom. The lowest BCUT2D eigenvalue weighted by molar-refractivity contribution is 0.157. The molecule has 0 aliphatic carbocycles. The van der Waals surface area contributed by atoms with Crippen molar-refractivity contribution in [1.29, 1.82) is 5.26 Å². The van der Waals surface area contributed by atoms with Gasteiger partial charge in [-0.2, -0.15) is 5.26 Å². The predicted octanol–water partition coefficient (Wildman–Crippen LogP) is 1.39. The van der Waals surface area contributed by atoms with Crippen LogP contribution in [0.3, 0.4) is 0 Å². The minimum atomic E-state index is -0.946. The van der Waals surface area contributed by atoms with Crippen molar-refractivity contribution in [3.8, 4) is 6.07 Å². The second-order valence-corrected chi connectivity index (χ2v) is 3.80. The number of nitrogens with zero attached hydrogens (tertiary/aromatic N) is 4. The van der Waals surface area contributed by atoms with Gasteiger partial charge in [0.25, 0.3) is 0 Å². The van der Waals surface area contributed by atoms with Gasteiger partial charge >= 0.3 is 6.09 Å². The fourth-order valence-corrected chi connectivity index (χ4v) is 1.44. The number of anilines is 1. The molecule has 0 spiro atoms. The average Bonchev–Trinajstić information content (AvgIpc) is 2.39. The standard InChI is InChI=1S/C12H16N4O2/c1-3-16(7-6-15(2)12(17)18)11-5-4-10(8-13)9-14-11/h4-5,9H,3,6-7H2,1-2H3,(H,17,18). The molecule has 0 fully saturated rings. The van der Waals surface area contributed by atoms with Gasteiger partial charge in [-0.3, -0.25) is 0 Å². The zero-order chi connectivity index (χ0) is 13.5. The van der Waals surface area contributed by atoms with Crippen LogP contribution in [0.15, 0.2) is 18.3 Å². The number of likely N-dealkylation sites (N-methyl/N-ethyl adjacent to an activating group) is 2. The summed E-state index contributed by atoms with van der Waals surface area (Å²) >= 11 is 0. The Balaban J connectivity index is 2.65. The third kappa shape index (κ3) is 3.63. The fraction of sp³-hybridized carbons (Fsp3) is 0.417. The van der Waals surface area contributed by atoms with Gasteiger partial charge in [0.1, 0.15) is 11.9 Å². The summed E-state index contributed by atoms with van der Waals surface area (Å²) in [6.45, 7) is 3.68. The van der Waals surface area contributed by atoms with Crippen LogP contribution in [0.4, 0.5) is 10.6 Å². The second kappa shape index (κ2) is 6.45. The van der Waals surface area contributed by atoms with Gasteiger partial charge in [-0.1, -0.05) is 0 Å². The highest BCUT2D eigenvalue weighted by Gasteiger charge is 2.09. The first-order valence-corrected chi connectivity index (χ1v) is 5.63. The van der Waals surface area contributed by atoms with E-state index in [-0.39, 0.29) is 0 Å². The molecule has 0 aliphatic heterocycles. The number of nitriles is 1. The molecule has 0 unspecified atom stereocenters. The van der Waals surface area contributed by atoms with E-state index in [4.69, 9.17) is 10.4 Å². The van der Waals surface area contributed by atoms with Crippen LogP contribution >= 0.6 is 0 Å². The largest absolute Gasteiger partial charge is 0.465 e. The van der Waals surface area contributed by atoms with Gasteiger partial charge in [-0.25, -0.2) is 9.78 Å². The Morgan fingerprint density at radius 1 is 1.50 bits per heavy atom. The molecular formula is C12H16N4O2. The minimum absolute atomic E-state index is 0.408. The molecule has 0 atom stereocenters. The molecule has 18 heavy (non-hydrogen) atoms. The maximum Gasteiger partial charge on any atom is 0.407 e. The Labute approximate surface area is 106 Å². The molecule has 1 amide bonds. The molecule has 0 saturated carbocycles. The zero-order valence-corrected chi connectivity index (χ0v) is 10.5. The summed E-state index contributed by atoms with van der Waals surface area (Å²) in [5, 5.41) is 17.4. The summed E-state index contributed by atoms with van der Waals surface area (Å²) in [6, 6.07) is 5.48. The summed E-state index contributed by atoms with van der Waals surface area (Å²) < 4.78 is 0. The molecule has 0 aromatic carbocycles. The Morgan fingerprint density at radius 2 is 2.22 bits per heavy atom. The van der Waals surface area contributed by atoms with Gasteiger partial charge in [0.2, 0.25) is 0 Å². The van der Waals surface area contributed by atoms with Crippen LogP contribution in [0.25, 0.3) is 0 Å². The SMILES string of the molecule is CCN(CCN(C)C(=O)O)c1ccc(C#N)cn1. The zero-order valence-electron chi connectivity index (χ0n) is 10.5. The topological polar surface area (TPSA) is 80.5 Å². The third-order valence-corrected chi connectivity index (χ3v) is 2.61. The van der Waals surface area contributed by atoms with Crippen LogP contribution in [0.2, 0.25) is 0 Å². The van der Waals surface area contributed by atoms with Crippen molar-refractivity contribution in [3.63, 3.8) is 0 Å². The first-order valence-electron chi connectivity index (χ1n) is 5.63. The van der Waals surface area contributed by atoms with E-state index in [1.165, 1.54) is 18.1 Å². The van der Waals surface area contributed by atoms with Gasteiger partial charge in [0.05, 0.1) is 5.56 Å². The number of hydrogen-bond donors (Lipinski definition) is 1. The first kappa shape index (κ1) is 13.8. The van der Waals surface area contributed by atoms with E-state index in [1.54, 1.807) is 12.1 Å². The van der Waals surface area contributed by atoms with Crippen molar-refractivity contribution in [3.05, 3.63) is 23.9 Å². The summed E-state index contributed by atoms with van der Waals surface area (Å²) in [5.41, 5.74) is 0.512. The average molecular weight is 248 g/mol. The van der Waals surface area contributed by atoms with Crippen molar-refractivity contribution < 1.29 is 9.90 Å². The number of pyridine rings is 1. The molecule has 1 aromatic heterocycles. The number of carboxylic acid groups (broad SMARTS) is 1. The number of carbonyl (C=O) groups is 1. The lowest BCUT2D eigenvalue weighted by Crippen LogP contribution is -2.36. The minimum Gasteiger partial charge on any atom is -0.465 e. The van der Waals surface area contributed by atoms with E-state index in [1.807, 2.05) is 17.9 Å². The van der Waals surface area contributed by atoms with E-state index < -0.39 is 6.09 Å². The van der Waals surface area contributed by atoms with E-state index in [0.29, 0.717) is 18.7 Å². The van der Waals surface area contributed by atoms with Crippen molar-refractivity contribution in [1.82, 2.24) is 9.88 Å². The molecule has 6 heteroatoms. The molecule has 0 bridgehead atoms. The summed E-state index contributed by atoms with van der Waals surface area (Å²) in [7, 11) is 1.53. The smallest absolute Gasteiger partial charge is 0.407 e. The summed E-state index contributed by atoms with van der Waals surface area (Å²) in [4.78, 5) is 18.0. The van der Waals surface area contributed by atoms with E-state index in [9.17, 15) is 4.79 Å². The van der Waals surface area contributed by atoms with E-state index in [0.717, 1.165) is 12.4 Å². The highest BCUT2D eigenvalue weighted by atomic mass is 16.4. The predicted molar refractivity (Wildman–Crippen MR) is 67.5 cm³/mol. The second-order valence-electron chi connectivity index (χ2n) is 3.80. The highest BCUT2D eigenvalue weighted by Crippen LogP contribution is 2.10. The van der Waals surface area contributed by atoms with Crippen LogP contribution in [-0.4, -0.2) is 47.8 Å². The van der Waals surface area contributed by atoms with Gasteiger partial charge in [-0.05, 0) is 19.1 Å². The Bertz CT molecular complexity index is 438. The lowest BCUT2D eigenvalue weighted by Gasteiger charge is -2.24. The van der Waals surface area contributed by atoms with Gasteiger partial charge in [0, 0.05) is 32.9 Å². The Hall–Kier alpha value is -2.29. The molecule has 96 valence electrons. The number of rotatable bonds is 5. The van der Waals surface area contributed by atoms with Crippen molar-refractivity contribution in [2.24, 2.45) is 0 Å². The third-order valence-electron chi connectivity index (χ3n) is 2.61. The normalized spacial score (nSPS) is 9.61. The molecule has 1 aromatic rings. The fourth-order valence-electron chi connectivity index (χ4n) is 1.44. The number of hydrogen-bond acceptors (Lipinski definition) is 4. The lowest BCUT2D eigenvalue weighted by atomic mass is 10.3. The maximum absolute atomic E-state index is 10.7. The number of amides is 1. The van der Waals surface area contributed by atoms with Crippen LogP contribution in [0.5, 0.6) is 0 Å². The molecule has 0 saturated heterocycles. The summed E-state index contributed by atoms with van der Waals surface area (Å²) in [6.07, 6.45) is 0.567. The van der Waals surface area contributed by atoms with Crippen LogP contribution in [0, 0.1) is 11.3 Å². The highest BCUT2D eigenvalue weighted by molar-refractivity contribution is 5.64. The van der Waals surface area contributed by atoms with Gasteiger partial charge in [-0.15, -0.1) is 0 Å². The van der Waals surface area contributed by atoms with E-state index >= 15 is 0 Å².